The third kappa shape index (κ3) is 3.74. The summed E-state index contributed by atoms with van der Waals surface area (Å²) in [6.07, 6.45) is 0.127. The summed E-state index contributed by atoms with van der Waals surface area (Å²) in [6.45, 7) is 6.79. The van der Waals surface area contributed by atoms with Crippen LogP contribution in [0.15, 0.2) is 24.3 Å². The number of nitrogens with one attached hydrogen (secondary N) is 1. The second-order valence-corrected chi connectivity index (χ2v) is 3.81. The fourth-order valence-corrected chi connectivity index (χ4v) is 1.36. The molecule has 0 fully saturated rings. The topological polar surface area (TPSA) is 30.5 Å². The van der Waals surface area contributed by atoms with E-state index in [1.165, 1.54) is 0 Å². The van der Waals surface area contributed by atoms with Crippen molar-refractivity contribution in [1.82, 2.24) is 5.32 Å². The van der Waals surface area contributed by atoms with Gasteiger partial charge in [-0.25, -0.2) is 0 Å². The fraction of sp³-hybridized carbons (Fsp3) is 0.538. The second kappa shape index (κ2) is 6.38. The molecule has 1 aromatic rings. The Morgan fingerprint density at radius 1 is 1.25 bits per heavy atom. The quantitative estimate of drug-likeness (QED) is 0.803. The summed E-state index contributed by atoms with van der Waals surface area (Å²) in [5.41, 5.74) is 0. The van der Waals surface area contributed by atoms with Crippen LogP contribution < -0.4 is 14.8 Å². The van der Waals surface area contributed by atoms with Crippen LogP contribution in [-0.4, -0.2) is 25.8 Å². The van der Waals surface area contributed by atoms with Crippen LogP contribution in [-0.2, 0) is 0 Å². The first kappa shape index (κ1) is 12.8. The van der Waals surface area contributed by atoms with Gasteiger partial charge in [0.1, 0.15) is 17.6 Å². The van der Waals surface area contributed by atoms with E-state index in [1.54, 1.807) is 0 Å². The van der Waals surface area contributed by atoms with Crippen LogP contribution in [0.4, 0.5) is 0 Å². The van der Waals surface area contributed by atoms with Crippen molar-refractivity contribution in [2.45, 2.75) is 32.9 Å². The normalized spacial score (nSPS) is 14.2. The van der Waals surface area contributed by atoms with Crippen molar-refractivity contribution in [2.75, 3.05) is 13.7 Å². The number of rotatable bonds is 6. The lowest BCUT2D eigenvalue weighted by Gasteiger charge is -2.21. The molecule has 2 atom stereocenters. The molecule has 0 amide bonds. The highest BCUT2D eigenvalue weighted by molar-refractivity contribution is 5.33. The molecule has 1 aromatic carbocycles. The lowest BCUT2D eigenvalue weighted by molar-refractivity contribution is 0.181. The minimum absolute atomic E-state index is 0.127. The van der Waals surface area contributed by atoms with E-state index in [2.05, 4.69) is 19.2 Å². The predicted molar refractivity (Wildman–Crippen MR) is 66.2 cm³/mol. The van der Waals surface area contributed by atoms with Gasteiger partial charge in [-0.3, -0.25) is 0 Å². The Morgan fingerprint density at radius 3 is 2.56 bits per heavy atom. The largest absolute Gasteiger partial charge is 0.494 e. The molecular formula is C13H21NO2. The Kier molecular flexibility index (Phi) is 5.12. The van der Waals surface area contributed by atoms with Crippen LogP contribution in [0.2, 0.25) is 0 Å². The van der Waals surface area contributed by atoms with Gasteiger partial charge in [-0.2, -0.15) is 0 Å². The summed E-state index contributed by atoms with van der Waals surface area (Å²) in [6, 6.07) is 8.05. The van der Waals surface area contributed by atoms with Gasteiger partial charge in [0.15, 0.2) is 0 Å². The van der Waals surface area contributed by atoms with Crippen LogP contribution >= 0.6 is 0 Å². The van der Waals surface area contributed by atoms with Crippen LogP contribution in [0.3, 0.4) is 0 Å². The minimum atomic E-state index is 0.127. The summed E-state index contributed by atoms with van der Waals surface area (Å²) in [5, 5.41) is 3.17. The van der Waals surface area contributed by atoms with Gasteiger partial charge in [-0.05, 0) is 40.0 Å². The monoisotopic (exact) mass is 223 g/mol. The Morgan fingerprint density at radius 2 is 1.94 bits per heavy atom. The average Bonchev–Trinajstić information content (AvgIpc) is 2.29. The Balaban J connectivity index is 2.62. The van der Waals surface area contributed by atoms with E-state index in [9.17, 15) is 0 Å². The highest BCUT2D eigenvalue weighted by Gasteiger charge is 2.11. The van der Waals surface area contributed by atoms with Gasteiger partial charge in [0.25, 0.3) is 0 Å². The van der Waals surface area contributed by atoms with E-state index >= 15 is 0 Å². The highest BCUT2D eigenvalue weighted by atomic mass is 16.5. The third-order valence-corrected chi connectivity index (χ3v) is 2.60. The van der Waals surface area contributed by atoms with Gasteiger partial charge in [0.2, 0.25) is 0 Å². The van der Waals surface area contributed by atoms with Gasteiger partial charge in [0, 0.05) is 12.1 Å². The Hall–Kier alpha value is -1.22. The number of hydrogen-bond acceptors (Lipinski definition) is 3. The van der Waals surface area contributed by atoms with Crippen molar-refractivity contribution in [3.05, 3.63) is 24.3 Å². The standard InChI is InChI=1S/C13H21NO2/c1-5-15-12-7-6-8-13(9-12)16-11(3)10(2)14-4/h6-11,14H,5H2,1-4H3. The van der Waals surface area contributed by atoms with Crippen molar-refractivity contribution >= 4 is 0 Å². The zero-order valence-corrected chi connectivity index (χ0v) is 10.5. The summed E-state index contributed by atoms with van der Waals surface area (Å²) in [5.74, 6) is 1.70. The average molecular weight is 223 g/mol. The van der Waals surface area contributed by atoms with E-state index in [4.69, 9.17) is 9.47 Å². The van der Waals surface area contributed by atoms with Gasteiger partial charge in [-0.15, -0.1) is 0 Å². The number of likely N-dealkylation sites (N-methyl/N-ethyl adjacent to an activating group) is 1. The molecule has 2 unspecified atom stereocenters. The van der Waals surface area contributed by atoms with Crippen LogP contribution in [0, 0.1) is 0 Å². The van der Waals surface area contributed by atoms with Crippen molar-refractivity contribution in [3.8, 4) is 11.5 Å². The molecule has 0 saturated heterocycles. The predicted octanol–water partition coefficient (Wildman–Crippen LogP) is 2.46. The number of ether oxygens (including phenoxy) is 2. The SMILES string of the molecule is CCOc1cccc(OC(C)C(C)NC)c1. The maximum absolute atomic E-state index is 5.81. The lowest BCUT2D eigenvalue weighted by Crippen LogP contribution is -2.36. The molecule has 3 nitrogen and oxygen atoms in total. The van der Waals surface area contributed by atoms with Crippen LogP contribution in [0.5, 0.6) is 11.5 Å². The first-order valence-corrected chi connectivity index (χ1v) is 5.74. The van der Waals surface area contributed by atoms with Crippen molar-refractivity contribution in [3.63, 3.8) is 0 Å². The van der Waals surface area contributed by atoms with E-state index in [0.717, 1.165) is 11.5 Å². The zero-order chi connectivity index (χ0) is 12.0. The van der Waals surface area contributed by atoms with Crippen molar-refractivity contribution in [1.29, 1.82) is 0 Å². The molecule has 90 valence electrons. The maximum atomic E-state index is 5.81. The number of benzene rings is 1. The summed E-state index contributed by atoms with van der Waals surface area (Å²) in [4.78, 5) is 0. The van der Waals surface area contributed by atoms with E-state index in [0.29, 0.717) is 12.6 Å². The van der Waals surface area contributed by atoms with E-state index in [-0.39, 0.29) is 6.10 Å². The highest BCUT2D eigenvalue weighted by Crippen LogP contribution is 2.20. The third-order valence-electron chi connectivity index (χ3n) is 2.60. The molecule has 0 radical (unpaired) electrons. The van der Waals surface area contributed by atoms with Crippen LogP contribution in [0.25, 0.3) is 0 Å². The molecule has 0 heterocycles. The second-order valence-electron chi connectivity index (χ2n) is 3.81. The molecule has 0 aromatic heterocycles. The Bertz CT molecular complexity index is 315. The van der Waals surface area contributed by atoms with Gasteiger partial charge in [-0.1, -0.05) is 6.07 Å². The minimum Gasteiger partial charge on any atom is -0.494 e. The summed E-state index contributed by atoms with van der Waals surface area (Å²) >= 11 is 0. The summed E-state index contributed by atoms with van der Waals surface area (Å²) in [7, 11) is 1.93. The van der Waals surface area contributed by atoms with E-state index < -0.39 is 0 Å². The molecular weight excluding hydrogens is 202 g/mol. The van der Waals surface area contributed by atoms with Crippen LogP contribution in [0.1, 0.15) is 20.8 Å². The molecule has 1 rings (SSSR count). The molecule has 0 bridgehead atoms. The lowest BCUT2D eigenvalue weighted by atomic mass is 10.2. The molecule has 0 aliphatic carbocycles. The molecule has 16 heavy (non-hydrogen) atoms. The fourth-order valence-electron chi connectivity index (χ4n) is 1.36. The molecule has 0 aliphatic heterocycles. The molecule has 0 saturated carbocycles. The number of hydrogen-bond donors (Lipinski definition) is 1. The smallest absolute Gasteiger partial charge is 0.123 e. The van der Waals surface area contributed by atoms with Crippen molar-refractivity contribution in [2.24, 2.45) is 0 Å². The molecule has 0 spiro atoms. The molecule has 0 aliphatic rings. The van der Waals surface area contributed by atoms with Gasteiger partial charge >= 0.3 is 0 Å². The first-order chi connectivity index (χ1) is 7.67. The first-order valence-electron chi connectivity index (χ1n) is 5.74. The Labute approximate surface area is 97.8 Å². The zero-order valence-electron chi connectivity index (χ0n) is 10.5. The molecule has 1 N–H and O–H groups in total. The molecule has 3 heteroatoms. The van der Waals surface area contributed by atoms with Crippen molar-refractivity contribution < 1.29 is 9.47 Å². The van der Waals surface area contributed by atoms with E-state index in [1.807, 2.05) is 38.2 Å². The summed E-state index contributed by atoms with van der Waals surface area (Å²) < 4.78 is 11.2. The van der Waals surface area contributed by atoms with Gasteiger partial charge < -0.3 is 14.8 Å². The maximum Gasteiger partial charge on any atom is 0.123 e. The van der Waals surface area contributed by atoms with Gasteiger partial charge in [0.05, 0.1) is 6.61 Å².